The molecule has 0 N–H and O–H groups in total. The second-order valence-corrected chi connectivity index (χ2v) is 8.18. The molecule has 0 amide bonds. The zero-order valence-electron chi connectivity index (χ0n) is 19.8. The van der Waals surface area contributed by atoms with Crippen molar-refractivity contribution in [3.63, 3.8) is 0 Å². The van der Waals surface area contributed by atoms with Crippen molar-refractivity contribution in [2.75, 3.05) is 7.11 Å². The molecule has 0 aliphatic carbocycles. The van der Waals surface area contributed by atoms with Gasteiger partial charge in [-0.15, -0.1) is 35.7 Å². The van der Waals surface area contributed by atoms with Crippen LogP contribution < -0.4 is 9.47 Å². The maximum absolute atomic E-state index is 6.20. The Morgan fingerprint density at radius 3 is 2.50 bits per heavy atom. The summed E-state index contributed by atoms with van der Waals surface area (Å²) in [6.07, 6.45) is 1.68. The van der Waals surface area contributed by atoms with Crippen LogP contribution >= 0.6 is 0 Å². The molecular formula is C28H21N5O2Pt+2. The van der Waals surface area contributed by atoms with Gasteiger partial charge in [-0.1, -0.05) is 23.7 Å². The molecule has 0 atom stereocenters. The van der Waals surface area contributed by atoms with E-state index in [2.05, 4.69) is 33.3 Å². The second-order valence-electron chi connectivity index (χ2n) is 8.18. The van der Waals surface area contributed by atoms with Crippen LogP contribution in [0.3, 0.4) is 0 Å². The molecule has 0 fully saturated rings. The number of hydrogen-bond donors (Lipinski definition) is 0. The van der Waals surface area contributed by atoms with Crippen molar-refractivity contribution in [1.82, 2.24) is 24.3 Å². The number of benzene rings is 3. The van der Waals surface area contributed by atoms with Crippen molar-refractivity contribution in [1.29, 1.82) is 0 Å². The summed E-state index contributed by atoms with van der Waals surface area (Å²) in [5, 5.41) is 6.65. The molecule has 0 spiro atoms. The van der Waals surface area contributed by atoms with Crippen LogP contribution in [0.1, 0.15) is 11.4 Å². The molecule has 7 nitrogen and oxygen atoms in total. The summed E-state index contributed by atoms with van der Waals surface area (Å²) >= 11 is 0. The van der Waals surface area contributed by atoms with Gasteiger partial charge in [0, 0.05) is 35.0 Å². The van der Waals surface area contributed by atoms with Crippen LogP contribution in [0.5, 0.6) is 17.4 Å². The fraction of sp³-hybridized carbons (Fsp3) is 0.107. The second kappa shape index (κ2) is 9.59. The number of aromatic nitrogens is 5. The monoisotopic (exact) mass is 654 g/mol. The fourth-order valence-corrected chi connectivity index (χ4v) is 4.31. The van der Waals surface area contributed by atoms with Gasteiger partial charge in [0.05, 0.1) is 12.8 Å². The van der Waals surface area contributed by atoms with Crippen LogP contribution in [0.15, 0.2) is 72.9 Å². The summed E-state index contributed by atoms with van der Waals surface area (Å²) in [5.74, 6) is 2.13. The topological polar surface area (TPSA) is 67.0 Å². The first-order valence-corrected chi connectivity index (χ1v) is 11.2. The molecule has 6 rings (SSSR count). The van der Waals surface area contributed by atoms with Gasteiger partial charge in [-0.25, -0.2) is 4.98 Å². The number of para-hydroxylation sites is 1. The van der Waals surface area contributed by atoms with Gasteiger partial charge < -0.3 is 14.0 Å². The van der Waals surface area contributed by atoms with E-state index in [-0.39, 0.29) is 21.1 Å². The Morgan fingerprint density at radius 1 is 0.861 bits per heavy atom. The number of rotatable bonds is 5. The van der Waals surface area contributed by atoms with Crippen LogP contribution in [0.4, 0.5) is 0 Å². The van der Waals surface area contributed by atoms with E-state index in [1.54, 1.807) is 19.4 Å². The number of methoxy groups -OCH3 is 1. The van der Waals surface area contributed by atoms with Crippen molar-refractivity contribution < 1.29 is 30.5 Å². The van der Waals surface area contributed by atoms with Gasteiger partial charge in [-0.3, -0.25) is 4.68 Å². The molecule has 36 heavy (non-hydrogen) atoms. The third-order valence-corrected chi connectivity index (χ3v) is 5.79. The quantitative estimate of drug-likeness (QED) is 0.221. The molecule has 0 unspecified atom stereocenters. The van der Waals surface area contributed by atoms with Crippen molar-refractivity contribution in [2.24, 2.45) is 0 Å². The van der Waals surface area contributed by atoms with Crippen LogP contribution in [-0.4, -0.2) is 31.4 Å². The summed E-state index contributed by atoms with van der Waals surface area (Å²) in [4.78, 5) is 9.05. The molecule has 0 saturated heterocycles. The van der Waals surface area contributed by atoms with E-state index in [0.29, 0.717) is 23.3 Å². The molecule has 3 heterocycles. The normalized spacial score (nSPS) is 11.0. The van der Waals surface area contributed by atoms with Gasteiger partial charge in [0.25, 0.3) is 0 Å². The average molecular weight is 655 g/mol. The van der Waals surface area contributed by atoms with E-state index in [9.17, 15) is 0 Å². The largest absolute Gasteiger partial charge is 4.00 e. The number of aryl methyl sites for hydroxylation is 2. The number of hydrogen-bond acceptors (Lipinski definition) is 5. The first-order valence-electron chi connectivity index (χ1n) is 11.2. The summed E-state index contributed by atoms with van der Waals surface area (Å²) in [5.41, 5.74) is 4.59. The third kappa shape index (κ3) is 4.16. The van der Waals surface area contributed by atoms with Crippen LogP contribution in [0, 0.1) is 26.0 Å². The van der Waals surface area contributed by atoms with Crippen LogP contribution in [0.2, 0.25) is 0 Å². The van der Waals surface area contributed by atoms with Crippen LogP contribution in [-0.2, 0) is 21.1 Å². The zero-order valence-corrected chi connectivity index (χ0v) is 22.1. The van der Waals surface area contributed by atoms with E-state index in [1.165, 1.54) is 0 Å². The Morgan fingerprint density at radius 2 is 1.69 bits per heavy atom. The number of nitrogens with zero attached hydrogens (tertiary/aromatic N) is 5. The van der Waals surface area contributed by atoms with Gasteiger partial charge in [-0.2, -0.15) is 22.2 Å². The molecule has 0 saturated carbocycles. The maximum Gasteiger partial charge on any atom is 4.00 e. The molecule has 8 heteroatoms. The Labute approximate surface area is 222 Å². The van der Waals surface area contributed by atoms with Gasteiger partial charge >= 0.3 is 21.1 Å². The Kier molecular flexibility index (Phi) is 6.33. The minimum absolute atomic E-state index is 0. The minimum Gasteiger partial charge on any atom is -0.509 e. The van der Waals surface area contributed by atoms with Crippen molar-refractivity contribution in [3.8, 4) is 29.0 Å². The first-order chi connectivity index (χ1) is 17.1. The summed E-state index contributed by atoms with van der Waals surface area (Å²) in [6, 6.07) is 28.3. The summed E-state index contributed by atoms with van der Waals surface area (Å²) in [6.45, 7) is 3.99. The van der Waals surface area contributed by atoms with Crippen molar-refractivity contribution in [3.05, 3.63) is 96.4 Å². The van der Waals surface area contributed by atoms with Crippen LogP contribution in [0.25, 0.3) is 33.4 Å². The van der Waals surface area contributed by atoms with Gasteiger partial charge in [0.15, 0.2) is 0 Å². The molecule has 3 aromatic heterocycles. The standard InChI is InChI=1S/C28H21N5O2.Pt/c1-18-15-19(2)33(31-18)20-7-6-8-21(16-20)35-22-11-12-24-23-9-4-5-10-25(23)32(26(24)17-22)28-29-14-13-27(30-28)34-3;/h4-15H,1-3H3;/q-2;+4. The summed E-state index contributed by atoms with van der Waals surface area (Å²) < 4.78 is 15.3. The Bertz CT molecular complexity index is 1710. The van der Waals surface area contributed by atoms with Gasteiger partial charge in [0.2, 0.25) is 11.8 Å². The number of ether oxygens (including phenoxy) is 2. The Balaban J connectivity index is 0.00000267. The zero-order chi connectivity index (χ0) is 23.9. The molecule has 0 radical (unpaired) electrons. The van der Waals surface area contributed by atoms with E-state index in [1.807, 2.05) is 77.7 Å². The predicted molar refractivity (Wildman–Crippen MR) is 134 cm³/mol. The molecule has 178 valence electrons. The SMILES string of the molecule is COc1ccnc(-n2c3[c-]c(Oc4[c-]c(-n5nc(C)cc5C)ccc4)ccc3c3ccccc32)n1.[Pt+4]. The smallest absolute Gasteiger partial charge is 0.509 e. The minimum atomic E-state index is 0. The molecular weight excluding hydrogens is 633 g/mol. The van der Waals surface area contributed by atoms with E-state index in [0.717, 1.165) is 38.9 Å². The molecule has 3 aromatic carbocycles. The van der Waals surface area contributed by atoms with Gasteiger partial charge in [-0.05, 0) is 37.1 Å². The Hall–Kier alpha value is -3.96. The predicted octanol–water partition coefficient (Wildman–Crippen LogP) is 5.78. The van der Waals surface area contributed by atoms with Crippen molar-refractivity contribution in [2.45, 2.75) is 13.8 Å². The first kappa shape index (κ1) is 23.8. The number of fused-ring (bicyclic) bond motifs is 3. The fourth-order valence-electron chi connectivity index (χ4n) is 4.31. The molecule has 0 bridgehead atoms. The maximum atomic E-state index is 6.20. The average Bonchev–Trinajstić information content (AvgIpc) is 3.39. The molecule has 0 aliphatic rings. The third-order valence-electron chi connectivity index (χ3n) is 5.79. The van der Waals surface area contributed by atoms with E-state index >= 15 is 0 Å². The summed E-state index contributed by atoms with van der Waals surface area (Å²) in [7, 11) is 1.59. The van der Waals surface area contributed by atoms with E-state index in [4.69, 9.17) is 9.47 Å². The van der Waals surface area contributed by atoms with Gasteiger partial charge in [0.1, 0.15) is 0 Å². The molecule has 6 aromatic rings. The van der Waals surface area contributed by atoms with Crippen molar-refractivity contribution >= 4 is 21.8 Å². The molecule has 0 aliphatic heterocycles. The van der Waals surface area contributed by atoms with E-state index < -0.39 is 0 Å².